The van der Waals surface area contributed by atoms with E-state index in [9.17, 15) is 0 Å². The second kappa shape index (κ2) is 11.9. The van der Waals surface area contributed by atoms with Crippen LogP contribution in [0.1, 0.15) is 5.56 Å². The average molecular weight is 476 g/mol. The van der Waals surface area contributed by atoms with Crippen molar-refractivity contribution in [3.8, 4) is 23.0 Å². The van der Waals surface area contributed by atoms with E-state index in [0.717, 1.165) is 23.4 Å². The van der Waals surface area contributed by atoms with Crippen LogP contribution >= 0.6 is 0 Å². The van der Waals surface area contributed by atoms with Crippen LogP contribution in [0.2, 0.25) is 0 Å². The highest BCUT2D eigenvalue weighted by Gasteiger charge is 2.20. The lowest BCUT2D eigenvalue weighted by Crippen LogP contribution is -2.44. The summed E-state index contributed by atoms with van der Waals surface area (Å²) in [6.07, 6.45) is 6.79. The summed E-state index contributed by atoms with van der Waals surface area (Å²) in [5, 5.41) is 6.65. The fourth-order valence-corrected chi connectivity index (χ4v) is 3.54. The van der Waals surface area contributed by atoms with Crippen LogP contribution in [0.3, 0.4) is 0 Å². The summed E-state index contributed by atoms with van der Waals surface area (Å²) in [6, 6.07) is 11.7. The molecule has 1 fully saturated rings. The van der Waals surface area contributed by atoms with E-state index in [1.165, 1.54) is 0 Å². The van der Waals surface area contributed by atoms with Crippen molar-refractivity contribution in [3.05, 3.63) is 60.4 Å². The van der Waals surface area contributed by atoms with Gasteiger partial charge in [-0.2, -0.15) is 9.97 Å². The molecule has 1 aliphatic rings. The van der Waals surface area contributed by atoms with Crippen LogP contribution in [0.4, 0.5) is 11.5 Å². The minimum absolute atomic E-state index is 0.0583. The van der Waals surface area contributed by atoms with Crippen LogP contribution in [0.25, 0.3) is 17.0 Å². The molecule has 0 aliphatic carbocycles. The van der Waals surface area contributed by atoms with Gasteiger partial charge in [-0.25, -0.2) is 0 Å². The maximum Gasteiger partial charge on any atom is 0.319 e. The number of morpholine rings is 1. The van der Waals surface area contributed by atoms with Crippen LogP contribution in [0, 0.1) is 0 Å². The topological polar surface area (TPSA) is 129 Å². The third-order valence-corrected chi connectivity index (χ3v) is 5.28. The zero-order chi connectivity index (χ0) is 24.5. The highest BCUT2D eigenvalue weighted by molar-refractivity contribution is 5.85. The Morgan fingerprint density at radius 3 is 2.89 bits per heavy atom. The number of allylic oxidation sites excluding steroid dienone is 1. The van der Waals surface area contributed by atoms with Gasteiger partial charge in [0.15, 0.2) is 11.6 Å². The minimum atomic E-state index is 0.0583. The van der Waals surface area contributed by atoms with E-state index in [1.807, 2.05) is 36.4 Å². The van der Waals surface area contributed by atoms with E-state index >= 15 is 0 Å². The quantitative estimate of drug-likeness (QED) is 0.400. The zero-order valence-corrected chi connectivity index (χ0v) is 19.8. The number of nitrogens with zero attached hydrogens (tertiary/aromatic N) is 4. The number of nitrogens with one attached hydrogen (secondary N) is 2. The van der Waals surface area contributed by atoms with Crippen molar-refractivity contribution in [2.75, 3.05) is 45.8 Å². The Kier molecular flexibility index (Phi) is 8.21. The lowest BCUT2D eigenvalue weighted by Gasteiger charge is -2.23. The number of aliphatic imine (C=N–C) groups is 1. The first kappa shape index (κ1) is 24.1. The molecular formula is C25H29N7O3. The van der Waals surface area contributed by atoms with Gasteiger partial charge in [-0.3, -0.25) is 9.98 Å². The number of rotatable bonds is 9. The number of hydrogen-bond donors (Lipinski definition) is 3. The van der Waals surface area contributed by atoms with Crippen LogP contribution in [-0.4, -0.2) is 67.7 Å². The molecule has 4 N–H and O–H groups in total. The smallest absolute Gasteiger partial charge is 0.319 e. The first-order valence-corrected chi connectivity index (χ1v) is 11.2. The van der Waals surface area contributed by atoms with Crippen molar-refractivity contribution < 1.29 is 14.2 Å². The summed E-state index contributed by atoms with van der Waals surface area (Å²) in [5.74, 6) is 0.946. The first-order chi connectivity index (χ1) is 17.2. The van der Waals surface area contributed by atoms with E-state index in [-0.39, 0.29) is 12.1 Å². The Morgan fingerprint density at radius 1 is 1.29 bits per heavy atom. The molecule has 35 heavy (non-hydrogen) atoms. The SMILES string of the molecule is CN=C/C=C(\N)c1cccc(-c2nc(OC[C@H]3COCCN3)nc(Nc3ccncc3)c2OC)c1. The van der Waals surface area contributed by atoms with Gasteiger partial charge in [0.1, 0.15) is 12.3 Å². The van der Waals surface area contributed by atoms with Crippen LogP contribution in [0.5, 0.6) is 11.8 Å². The molecule has 10 heteroatoms. The predicted octanol–water partition coefficient (Wildman–Crippen LogP) is 2.66. The van der Waals surface area contributed by atoms with Gasteiger partial charge >= 0.3 is 6.01 Å². The van der Waals surface area contributed by atoms with E-state index in [1.54, 1.807) is 38.8 Å². The monoisotopic (exact) mass is 475 g/mol. The number of ether oxygens (including phenoxy) is 3. The van der Waals surface area contributed by atoms with Crippen molar-refractivity contribution in [1.29, 1.82) is 0 Å². The Morgan fingerprint density at radius 2 is 2.14 bits per heavy atom. The average Bonchev–Trinajstić information content (AvgIpc) is 2.91. The Balaban J connectivity index is 1.73. The molecule has 0 saturated carbocycles. The fraction of sp³-hybridized carbons (Fsp3) is 0.280. The van der Waals surface area contributed by atoms with Crippen molar-refractivity contribution in [2.45, 2.75) is 6.04 Å². The van der Waals surface area contributed by atoms with Crippen LogP contribution in [-0.2, 0) is 4.74 Å². The molecule has 2 aromatic heterocycles. The molecule has 3 aromatic rings. The largest absolute Gasteiger partial charge is 0.491 e. The van der Waals surface area contributed by atoms with Crippen molar-refractivity contribution in [2.24, 2.45) is 10.7 Å². The molecule has 1 aliphatic heterocycles. The summed E-state index contributed by atoms with van der Waals surface area (Å²) in [5.41, 5.74) is 9.82. The van der Waals surface area contributed by atoms with Crippen molar-refractivity contribution in [3.63, 3.8) is 0 Å². The minimum Gasteiger partial charge on any atom is -0.491 e. The van der Waals surface area contributed by atoms with E-state index in [2.05, 4.69) is 25.6 Å². The number of hydrogen-bond acceptors (Lipinski definition) is 10. The standard InChI is InChI=1S/C25H29N7O3/c1-27-9-8-21(26)17-4-3-5-18(14-17)22-23(33-2)24(30-19-6-10-28-11-7-19)32-25(31-22)35-16-20-15-34-13-12-29-20/h3-11,14,20,29H,12-13,15-16,26H2,1-2H3,(H,28,30,31,32)/b21-8-,27-9?/t20-/m1/s1. The van der Waals surface area contributed by atoms with Gasteiger partial charge in [0.25, 0.3) is 0 Å². The Bertz CT molecular complexity index is 1180. The lowest BCUT2D eigenvalue weighted by atomic mass is 10.0. The molecule has 182 valence electrons. The second-order valence-corrected chi connectivity index (χ2v) is 7.74. The molecule has 0 radical (unpaired) electrons. The fourth-order valence-electron chi connectivity index (χ4n) is 3.54. The molecular weight excluding hydrogens is 446 g/mol. The van der Waals surface area contributed by atoms with Gasteiger partial charge in [0, 0.05) is 49.1 Å². The van der Waals surface area contributed by atoms with Crippen molar-refractivity contribution in [1.82, 2.24) is 20.3 Å². The van der Waals surface area contributed by atoms with Gasteiger partial charge in [-0.15, -0.1) is 0 Å². The summed E-state index contributed by atoms with van der Waals surface area (Å²) in [4.78, 5) is 17.3. The Hall–Kier alpha value is -4.02. The molecule has 4 rings (SSSR count). The van der Waals surface area contributed by atoms with Crippen LogP contribution in [0.15, 0.2) is 59.9 Å². The maximum absolute atomic E-state index is 6.23. The van der Waals surface area contributed by atoms with Crippen molar-refractivity contribution >= 4 is 23.4 Å². The predicted molar refractivity (Wildman–Crippen MR) is 136 cm³/mol. The van der Waals surface area contributed by atoms with E-state index in [4.69, 9.17) is 24.9 Å². The van der Waals surface area contributed by atoms with E-state index in [0.29, 0.717) is 42.8 Å². The van der Waals surface area contributed by atoms with Gasteiger partial charge < -0.3 is 30.6 Å². The molecule has 1 atom stereocenters. The molecule has 3 heterocycles. The van der Waals surface area contributed by atoms with Gasteiger partial charge in [0.2, 0.25) is 0 Å². The molecule has 1 aromatic carbocycles. The van der Waals surface area contributed by atoms with Gasteiger partial charge in [-0.05, 0) is 29.8 Å². The zero-order valence-electron chi connectivity index (χ0n) is 19.8. The molecule has 1 saturated heterocycles. The number of nitrogens with two attached hydrogens (primary N) is 1. The normalized spacial score (nSPS) is 16.3. The molecule has 0 amide bonds. The number of anilines is 2. The molecule has 10 nitrogen and oxygen atoms in total. The Labute approximate surface area is 204 Å². The van der Waals surface area contributed by atoms with E-state index < -0.39 is 0 Å². The second-order valence-electron chi connectivity index (χ2n) is 7.74. The van der Waals surface area contributed by atoms with Gasteiger partial charge in [0.05, 0.1) is 26.4 Å². The number of methoxy groups -OCH3 is 1. The van der Waals surface area contributed by atoms with Crippen LogP contribution < -0.4 is 25.8 Å². The summed E-state index contributed by atoms with van der Waals surface area (Å²) >= 11 is 0. The molecule has 0 spiro atoms. The highest BCUT2D eigenvalue weighted by Crippen LogP contribution is 2.37. The third kappa shape index (κ3) is 6.31. The first-order valence-electron chi connectivity index (χ1n) is 11.2. The molecule has 0 unspecified atom stereocenters. The third-order valence-electron chi connectivity index (χ3n) is 5.28. The number of aromatic nitrogens is 3. The van der Waals surface area contributed by atoms with Gasteiger partial charge in [-0.1, -0.05) is 18.2 Å². The number of benzene rings is 1. The lowest BCUT2D eigenvalue weighted by molar-refractivity contribution is 0.0577. The molecule has 0 bridgehead atoms. The summed E-state index contributed by atoms with van der Waals surface area (Å²) < 4.78 is 17.3. The maximum atomic E-state index is 6.23. The highest BCUT2D eigenvalue weighted by atomic mass is 16.5. The number of pyridine rings is 1. The summed E-state index contributed by atoms with van der Waals surface area (Å²) in [7, 11) is 3.28. The summed E-state index contributed by atoms with van der Waals surface area (Å²) in [6.45, 7) is 2.41.